The maximum Gasteiger partial charge on any atom is 0.306 e. The first-order chi connectivity index (χ1) is 26.6. The summed E-state index contributed by atoms with van der Waals surface area (Å²) in [5.74, 6) is -0.357. The molecule has 0 aliphatic rings. The van der Waals surface area contributed by atoms with E-state index in [2.05, 4.69) is 86.8 Å². The number of nitrogens with zero attached hydrogens (tertiary/aromatic N) is 1. The number of ether oxygens (including phenoxy) is 2. The van der Waals surface area contributed by atoms with E-state index in [0.29, 0.717) is 24.1 Å². The number of phosphoric acid groups is 1. The minimum Gasteiger partial charge on any atom is -0.756 e. The normalized spacial score (nSPS) is 14.5. The van der Waals surface area contributed by atoms with E-state index in [1.807, 2.05) is 21.1 Å². The molecule has 0 aliphatic heterocycles. The molecule has 0 saturated carbocycles. The van der Waals surface area contributed by atoms with E-state index < -0.39 is 13.9 Å². The Morgan fingerprint density at radius 1 is 0.582 bits per heavy atom. The first kappa shape index (κ1) is 52.9. The predicted molar refractivity (Wildman–Crippen MR) is 231 cm³/mol. The molecule has 0 N–H and O–H groups in total. The van der Waals surface area contributed by atoms with Gasteiger partial charge in [0.05, 0.1) is 34.4 Å². The van der Waals surface area contributed by atoms with E-state index in [0.717, 1.165) is 83.5 Å². The van der Waals surface area contributed by atoms with Gasteiger partial charge >= 0.3 is 5.97 Å². The van der Waals surface area contributed by atoms with Gasteiger partial charge in [0.15, 0.2) is 0 Å². The number of likely N-dealkylation sites (N-methyl/N-ethyl adjacent to an activating group) is 1. The van der Waals surface area contributed by atoms with Gasteiger partial charge in [-0.15, -0.1) is 0 Å². The van der Waals surface area contributed by atoms with Crippen LogP contribution in [0.25, 0.3) is 0 Å². The van der Waals surface area contributed by atoms with Crippen molar-refractivity contribution in [2.75, 3.05) is 54.1 Å². The van der Waals surface area contributed by atoms with Crippen molar-refractivity contribution in [1.82, 2.24) is 0 Å². The van der Waals surface area contributed by atoms with Crippen LogP contribution in [0.15, 0.2) is 72.9 Å². The second-order valence-corrected chi connectivity index (χ2v) is 16.7. The highest BCUT2D eigenvalue weighted by atomic mass is 31.2. The van der Waals surface area contributed by atoms with E-state index >= 15 is 0 Å². The first-order valence-electron chi connectivity index (χ1n) is 21.7. The number of quaternary nitrogens is 1. The number of carbonyl (C=O) groups excluding carboxylic acids is 1. The van der Waals surface area contributed by atoms with Crippen LogP contribution in [0, 0.1) is 0 Å². The Hall–Kier alpha value is -2.06. The molecule has 55 heavy (non-hydrogen) atoms. The van der Waals surface area contributed by atoms with Crippen LogP contribution in [-0.2, 0) is 27.9 Å². The summed E-state index contributed by atoms with van der Waals surface area (Å²) in [4.78, 5) is 25.0. The van der Waals surface area contributed by atoms with E-state index in [1.54, 1.807) is 0 Å². The molecule has 0 radical (unpaired) electrons. The van der Waals surface area contributed by atoms with Gasteiger partial charge in [-0.1, -0.05) is 138 Å². The number of hydrogen-bond donors (Lipinski definition) is 0. The molecule has 2 unspecified atom stereocenters. The molecule has 318 valence electrons. The van der Waals surface area contributed by atoms with Crippen molar-refractivity contribution in [3.8, 4) is 0 Å². The van der Waals surface area contributed by atoms with Crippen LogP contribution in [0.3, 0.4) is 0 Å². The van der Waals surface area contributed by atoms with Gasteiger partial charge in [0.2, 0.25) is 0 Å². The third-order valence-electron chi connectivity index (χ3n) is 8.74. The molecule has 8 nitrogen and oxygen atoms in total. The molecule has 2 atom stereocenters. The van der Waals surface area contributed by atoms with E-state index in [4.69, 9.17) is 18.5 Å². The van der Waals surface area contributed by atoms with Crippen molar-refractivity contribution < 1.29 is 37.3 Å². The van der Waals surface area contributed by atoms with Gasteiger partial charge in [-0.05, 0) is 83.5 Å². The summed E-state index contributed by atoms with van der Waals surface area (Å²) < 4.78 is 34.5. The minimum atomic E-state index is -4.54. The number of allylic oxidation sites excluding steroid dienone is 12. The topological polar surface area (TPSA) is 94.1 Å². The maximum absolute atomic E-state index is 12.7. The molecule has 0 aliphatic carbocycles. The lowest BCUT2D eigenvalue weighted by atomic mass is 10.1. The summed E-state index contributed by atoms with van der Waals surface area (Å²) >= 11 is 0. The van der Waals surface area contributed by atoms with Crippen molar-refractivity contribution in [1.29, 1.82) is 0 Å². The molecule has 0 saturated heterocycles. The average Bonchev–Trinajstić information content (AvgIpc) is 3.13. The highest BCUT2D eigenvalue weighted by molar-refractivity contribution is 7.45. The standard InChI is InChI=1S/C46H82NO7P/c1-6-8-10-12-14-16-18-20-22-24-25-27-29-31-33-35-37-39-46(48)54-45(44-53-55(49,50)52-42-40-47(3,4)5)43-51-41-38-36-34-32-30-28-26-23-21-19-17-15-13-11-9-7-2/h9,11,14-17,20-23,28,30,45H,6-8,10,12-13,18-19,24-27,29,31-44H2,1-5H3/b11-9-,16-14-,17-15-,22-20-,23-21-,30-28-. The fourth-order valence-electron chi connectivity index (χ4n) is 5.39. The fraction of sp³-hybridized carbons (Fsp3) is 0.717. The quantitative estimate of drug-likeness (QED) is 0.0201. The third kappa shape index (κ3) is 42.9. The molecular formula is C46H82NO7P. The second-order valence-electron chi connectivity index (χ2n) is 15.3. The Labute approximate surface area is 338 Å². The Kier molecular flexibility index (Phi) is 37.3. The first-order valence-corrected chi connectivity index (χ1v) is 23.1. The molecule has 0 bridgehead atoms. The number of phosphoric ester groups is 1. The van der Waals surface area contributed by atoms with Gasteiger partial charge < -0.3 is 27.9 Å². The highest BCUT2D eigenvalue weighted by Crippen LogP contribution is 2.38. The minimum absolute atomic E-state index is 0.0142. The van der Waals surface area contributed by atoms with Gasteiger partial charge in [0.1, 0.15) is 19.3 Å². The SMILES string of the molecule is CC/C=C\C/C=C\C/C=C\C/C=C\CCCCCOCC(COP(=O)([O-])OCC[N+](C)(C)C)OC(=O)CCCCCCCCC/C=C\C/C=C\CCCCC. The molecule has 0 aromatic rings. The summed E-state index contributed by atoms with van der Waals surface area (Å²) in [7, 11) is 1.32. The Bertz CT molecular complexity index is 1110. The monoisotopic (exact) mass is 792 g/mol. The average molecular weight is 792 g/mol. The van der Waals surface area contributed by atoms with Crippen molar-refractivity contribution in [3.63, 3.8) is 0 Å². The molecule has 0 aromatic carbocycles. The van der Waals surface area contributed by atoms with Gasteiger partial charge in [-0.25, -0.2) is 0 Å². The summed E-state index contributed by atoms with van der Waals surface area (Å²) in [6.45, 7) is 5.16. The van der Waals surface area contributed by atoms with Crippen LogP contribution >= 0.6 is 7.82 Å². The van der Waals surface area contributed by atoms with Gasteiger partial charge in [0.25, 0.3) is 7.82 Å². The smallest absolute Gasteiger partial charge is 0.306 e. The maximum atomic E-state index is 12.7. The Balaban J connectivity index is 4.33. The van der Waals surface area contributed by atoms with Crippen LogP contribution in [0.4, 0.5) is 0 Å². The molecule has 9 heteroatoms. The van der Waals surface area contributed by atoms with Crippen LogP contribution in [0.1, 0.15) is 155 Å². The number of unbranched alkanes of at least 4 members (excludes halogenated alkanes) is 13. The second kappa shape index (κ2) is 38.8. The molecular weight excluding hydrogens is 709 g/mol. The van der Waals surface area contributed by atoms with E-state index in [-0.39, 0.29) is 25.8 Å². The van der Waals surface area contributed by atoms with Gasteiger partial charge in [-0.2, -0.15) is 0 Å². The van der Waals surface area contributed by atoms with Gasteiger partial charge in [-0.3, -0.25) is 9.36 Å². The fourth-order valence-corrected chi connectivity index (χ4v) is 6.12. The lowest BCUT2D eigenvalue weighted by Crippen LogP contribution is -2.37. The molecule has 0 spiro atoms. The summed E-state index contributed by atoms with van der Waals surface area (Å²) in [5, 5.41) is 0. The molecule has 0 amide bonds. The van der Waals surface area contributed by atoms with Crippen LogP contribution < -0.4 is 4.89 Å². The molecule has 0 rings (SSSR count). The van der Waals surface area contributed by atoms with Crippen molar-refractivity contribution in [3.05, 3.63) is 72.9 Å². The number of carbonyl (C=O) groups is 1. The summed E-state index contributed by atoms with van der Waals surface area (Å²) in [6, 6.07) is 0. The van der Waals surface area contributed by atoms with Crippen LogP contribution in [-0.4, -0.2) is 70.7 Å². The van der Waals surface area contributed by atoms with E-state index in [1.165, 1.54) is 51.4 Å². The summed E-state index contributed by atoms with van der Waals surface area (Å²) in [5.41, 5.74) is 0. The number of hydrogen-bond acceptors (Lipinski definition) is 7. The van der Waals surface area contributed by atoms with Crippen molar-refractivity contribution in [2.24, 2.45) is 0 Å². The largest absolute Gasteiger partial charge is 0.756 e. The zero-order valence-electron chi connectivity index (χ0n) is 35.8. The van der Waals surface area contributed by atoms with Crippen molar-refractivity contribution in [2.45, 2.75) is 161 Å². The molecule has 0 fully saturated rings. The summed E-state index contributed by atoms with van der Waals surface area (Å²) in [6.07, 6.45) is 49.1. The third-order valence-corrected chi connectivity index (χ3v) is 9.71. The Morgan fingerprint density at radius 3 is 1.58 bits per heavy atom. The predicted octanol–water partition coefficient (Wildman–Crippen LogP) is 12.1. The van der Waals surface area contributed by atoms with E-state index in [9.17, 15) is 14.3 Å². The van der Waals surface area contributed by atoms with Crippen molar-refractivity contribution >= 4 is 13.8 Å². The lowest BCUT2D eigenvalue weighted by Gasteiger charge is -2.28. The zero-order chi connectivity index (χ0) is 40.6. The zero-order valence-corrected chi connectivity index (χ0v) is 36.7. The Morgan fingerprint density at radius 2 is 1.05 bits per heavy atom. The number of rotatable bonds is 39. The molecule has 0 heterocycles. The van der Waals surface area contributed by atoms with Crippen LogP contribution in [0.2, 0.25) is 0 Å². The highest BCUT2D eigenvalue weighted by Gasteiger charge is 2.20. The van der Waals surface area contributed by atoms with Gasteiger partial charge in [0, 0.05) is 13.0 Å². The van der Waals surface area contributed by atoms with Crippen LogP contribution in [0.5, 0.6) is 0 Å². The molecule has 0 aromatic heterocycles. The number of esters is 1. The lowest BCUT2D eigenvalue weighted by molar-refractivity contribution is -0.870.